The highest BCUT2D eigenvalue weighted by Gasteiger charge is 2.05. The first kappa shape index (κ1) is 12.5. The van der Waals surface area contributed by atoms with Crippen LogP contribution in [-0.4, -0.2) is 0 Å². The fourth-order valence-corrected chi connectivity index (χ4v) is 1.86. The van der Waals surface area contributed by atoms with Gasteiger partial charge in [-0.15, -0.1) is 0 Å². The average Bonchev–Trinajstić information content (AvgIpc) is 2.41. The molecule has 0 radical (unpaired) electrons. The summed E-state index contributed by atoms with van der Waals surface area (Å²) in [5, 5.41) is 0. The zero-order valence-corrected chi connectivity index (χ0v) is 10.9. The summed E-state index contributed by atoms with van der Waals surface area (Å²) in [6.07, 6.45) is 0.964. The molecule has 0 aliphatic rings. The van der Waals surface area contributed by atoms with E-state index in [4.69, 9.17) is 10.5 Å². The number of ether oxygens (including phenoxy) is 1. The summed E-state index contributed by atoms with van der Waals surface area (Å²) >= 11 is 0. The first-order chi connectivity index (χ1) is 8.70. The van der Waals surface area contributed by atoms with Crippen molar-refractivity contribution in [3.05, 3.63) is 59.2 Å². The van der Waals surface area contributed by atoms with E-state index in [1.807, 2.05) is 31.2 Å². The van der Waals surface area contributed by atoms with Gasteiger partial charge in [0.15, 0.2) is 0 Å². The maximum atomic E-state index is 5.99. The highest BCUT2D eigenvalue weighted by molar-refractivity contribution is 5.56. The molecule has 0 unspecified atom stereocenters. The quantitative estimate of drug-likeness (QED) is 0.828. The molecule has 2 N–H and O–H groups in total. The Bertz CT molecular complexity index is 520. The van der Waals surface area contributed by atoms with Crippen molar-refractivity contribution in [3.63, 3.8) is 0 Å². The monoisotopic (exact) mass is 241 g/mol. The maximum absolute atomic E-state index is 5.99. The van der Waals surface area contributed by atoms with Crippen molar-refractivity contribution in [1.82, 2.24) is 0 Å². The van der Waals surface area contributed by atoms with Crippen molar-refractivity contribution in [2.75, 3.05) is 5.73 Å². The molecule has 0 atom stereocenters. The van der Waals surface area contributed by atoms with Crippen LogP contribution in [0.2, 0.25) is 0 Å². The molecule has 0 bridgehead atoms. The van der Waals surface area contributed by atoms with Crippen molar-refractivity contribution in [2.24, 2.45) is 0 Å². The second kappa shape index (κ2) is 5.58. The summed E-state index contributed by atoms with van der Waals surface area (Å²) in [5.74, 6) is 0.885. The molecule has 0 amide bonds. The number of hydrogen-bond donors (Lipinski definition) is 1. The molecular formula is C16H19NO. The number of rotatable bonds is 4. The molecular weight excluding hydrogens is 222 g/mol. The number of hydrogen-bond acceptors (Lipinski definition) is 2. The molecule has 0 aromatic heterocycles. The fourth-order valence-electron chi connectivity index (χ4n) is 1.86. The normalized spacial score (nSPS) is 10.3. The molecule has 94 valence electrons. The summed E-state index contributed by atoms with van der Waals surface area (Å²) in [7, 11) is 0. The molecule has 2 heteroatoms. The van der Waals surface area contributed by atoms with E-state index in [1.165, 1.54) is 5.56 Å². The summed E-state index contributed by atoms with van der Waals surface area (Å²) in [4.78, 5) is 0. The molecule has 18 heavy (non-hydrogen) atoms. The Morgan fingerprint density at radius 3 is 2.44 bits per heavy atom. The van der Waals surface area contributed by atoms with Crippen molar-refractivity contribution >= 4 is 5.69 Å². The Labute approximate surface area is 108 Å². The molecule has 0 aliphatic heterocycles. The first-order valence-corrected chi connectivity index (χ1v) is 6.26. The lowest BCUT2D eigenvalue weighted by Gasteiger charge is -2.13. The number of benzene rings is 2. The van der Waals surface area contributed by atoms with Crippen LogP contribution in [0.4, 0.5) is 5.69 Å². The smallest absolute Gasteiger partial charge is 0.125 e. The Hall–Kier alpha value is -1.96. The Kier molecular flexibility index (Phi) is 3.88. The first-order valence-electron chi connectivity index (χ1n) is 6.26. The molecule has 0 heterocycles. The van der Waals surface area contributed by atoms with Crippen LogP contribution in [0.15, 0.2) is 42.5 Å². The van der Waals surface area contributed by atoms with E-state index in [2.05, 4.69) is 25.1 Å². The van der Waals surface area contributed by atoms with Gasteiger partial charge in [-0.3, -0.25) is 0 Å². The highest BCUT2D eigenvalue weighted by Crippen LogP contribution is 2.26. The average molecular weight is 241 g/mol. The van der Waals surface area contributed by atoms with Crippen LogP contribution in [0, 0.1) is 6.92 Å². The van der Waals surface area contributed by atoms with Crippen LogP contribution in [-0.2, 0) is 13.0 Å². The van der Waals surface area contributed by atoms with Gasteiger partial charge < -0.3 is 10.5 Å². The summed E-state index contributed by atoms with van der Waals surface area (Å²) in [5.41, 5.74) is 10.2. The van der Waals surface area contributed by atoms with Crippen LogP contribution >= 0.6 is 0 Å². The van der Waals surface area contributed by atoms with Crippen LogP contribution in [0.1, 0.15) is 23.6 Å². The minimum atomic E-state index is 0.578. The van der Waals surface area contributed by atoms with E-state index in [0.29, 0.717) is 6.61 Å². The molecule has 2 nitrogen and oxygen atoms in total. The van der Waals surface area contributed by atoms with Gasteiger partial charge in [-0.25, -0.2) is 0 Å². The second-order valence-corrected chi connectivity index (χ2v) is 4.44. The standard InChI is InChI=1S/C16H19NO/c1-3-13-9-15(17)12(2)16(10-13)18-11-14-7-5-4-6-8-14/h4-10H,3,11,17H2,1-2H3. The minimum absolute atomic E-state index is 0.578. The van der Waals surface area contributed by atoms with Crippen LogP contribution < -0.4 is 10.5 Å². The Morgan fingerprint density at radius 1 is 1.06 bits per heavy atom. The van der Waals surface area contributed by atoms with Crippen LogP contribution in [0.3, 0.4) is 0 Å². The number of aryl methyl sites for hydroxylation is 1. The summed E-state index contributed by atoms with van der Waals surface area (Å²) in [6.45, 7) is 4.69. The Morgan fingerprint density at radius 2 is 1.78 bits per heavy atom. The topological polar surface area (TPSA) is 35.2 Å². The third-order valence-electron chi connectivity index (χ3n) is 3.11. The van der Waals surface area contributed by atoms with Crippen molar-refractivity contribution in [1.29, 1.82) is 0 Å². The third kappa shape index (κ3) is 2.83. The van der Waals surface area contributed by atoms with Gasteiger partial charge in [-0.2, -0.15) is 0 Å². The van der Waals surface area contributed by atoms with Crippen LogP contribution in [0.25, 0.3) is 0 Å². The lowest BCUT2D eigenvalue weighted by molar-refractivity contribution is 0.304. The van der Waals surface area contributed by atoms with E-state index < -0.39 is 0 Å². The van der Waals surface area contributed by atoms with Gasteiger partial charge in [0.2, 0.25) is 0 Å². The highest BCUT2D eigenvalue weighted by atomic mass is 16.5. The molecule has 2 aromatic rings. The predicted octanol–water partition coefficient (Wildman–Crippen LogP) is 3.72. The van der Waals surface area contributed by atoms with Gasteiger partial charge in [0.25, 0.3) is 0 Å². The molecule has 0 aliphatic carbocycles. The van der Waals surface area contributed by atoms with E-state index in [0.717, 1.165) is 29.0 Å². The second-order valence-electron chi connectivity index (χ2n) is 4.44. The van der Waals surface area contributed by atoms with Gasteiger partial charge in [-0.05, 0) is 36.6 Å². The van der Waals surface area contributed by atoms with Crippen molar-refractivity contribution in [3.8, 4) is 5.75 Å². The van der Waals surface area contributed by atoms with Gasteiger partial charge in [0.1, 0.15) is 12.4 Å². The SMILES string of the molecule is CCc1cc(N)c(C)c(OCc2ccccc2)c1. The zero-order valence-electron chi connectivity index (χ0n) is 10.9. The maximum Gasteiger partial charge on any atom is 0.125 e. The van der Waals surface area contributed by atoms with E-state index in [9.17, 15) is 0 Å². The van der Waals surface area contributed by atoms with E-state index in [-0.39, 0.29) is 0 Å². The van der Waals surface area contributed by atoms with Gasteiger partial charge >= 0.3 is 0 Å². The summed E-state index contributed by atoms with van der Waals surface area (Å²) in [6, 6.07) is 14.2. The molecule has 0 saturated carbocycles. The van der Waals surface area contributed by atoms with Gasteiger partial charge in [-0.1, -0.05) is 37.3 Å². The van der Waals surface area contributed by atoms with Crippen molar-refractivity contribution < 1.29 is 4.74 Å². The Balaban J connectivity index is 2.16. The van der Waals surface area contributed by atoms with Crippen LogP contribution in [0.5, 0.6) is 5.75 Å². The molecule has 2 aromatic carbocycles. The zero-order chi connectivity index (χ0) is 13.0. The van der Waals surface area contributed by atoms with Gasteiger partial charge in [0.05, 0.1) is 0 Å². The number of nitrogen functional groups attached to an aromatic ring is 1. The van der Waals surface area contributed by atoms with Gasteiger partial charge in [0, 0.05) is 11.3 Å². The van der Waals surface area contributed by atoms with Crippen molar-refractivity contribution in [2.45, 2.75) is 26.9 Å². The number of anilines is 1. The fraction of sp³-hybridized carbons (Fsp3) is 0.250. The molecule has 2 rings (SSSR count). The van der Waals surface area contributed by atoms with E-state index >= 15 is 0 Å². The molecule has 0 fully saturated rings. The summed E-state index contributed by atoms with van der Waals surface area (Å²) < 4.78 is 5.87. The number of nitrogens with two attached hydrogens (primary N) is 1. The molecule has 0 saturated heterocycles. The lowest BCUT2D eigenvalue weighted by Crippen LogP contribution is -2.00. The lowest BCUT2D eigenvalue weighted by atomic mass is 10.1. The largest absolute Gasteiger partial charge is 0.489 e. The minimum Gasteiger partial charge on any atom is -0.489 e. The van der Waals surface area contributed by atoms with E-state index in [1.54, 1.807) is 0 Å². The third-order valence-corrected chi connectivity index (χ3v) is 3.11. The molecule has 0 spiro atoms. The predicted molar refractivity (Wildman–Crippen MR) is 75.7 cm³/mol.